The fraction of sp³-hybridized carbons (Fsp3) is 0.400. The number of aliphatic imine (C=N–C) groups is 1. The van der Waals surface area contributed by atoms with E-state index in [0.717, 1.165) is 49.9 Å². The Morgan fingerprint density at radius 3 is 2.89 bits per heavy atom. The van der Waals surface area contributed by atoms with Crippen LogP contribution in [0.4, 0.5) is 5.69 Å². The Bertz CT molecular complexity index is 725. The molecule has 1 atom stereocenters. The number of hydrogen-bond acceptors (Lipinski definition) is 4. The van der Waals surface area contributed by atoms with Crippen LogP contribution in [-0.4, -0.2) is 50.8 Å². The van der Waals surface area contributed by atoms with Crippen molar-refractivity contribution in [3.63, 3.8) is 0 Å². The number of anilines is 1. The summed E-state index contributed by atoms with van der Waals surface area (Å²) >= 11 is 0. The molecule has 1 aromatic heterocycles. The van der Waals surface area contributed by atoms with E-state index >= 15 is 0 Å². The second-order valence-electron chi connectivity index (χ2n) is 6.36. The number of hydrogen-bond donors (Lipinski definition) is 2. The topological polar surface area (TPSA) is 61.8 Å². The van der Waals surface area contributed by atoms with Crippen LogP contribution in [0, 0.1) is 0 Å². The standard InChI is InChI=1S/C20H27N5O.HI/c1-21-20(23-12-9-16-6-5-11-22-14-16)24-17-10-13-25(15-17)18-7-3-4-8-19(18)26-2;/h3-8,11,14,17H,9-10,12-13,15H2,1-2H3,(H2,21,23,24);1H. The van der Waals surface area contributed by atoms with E-state index in [1.807, 2.05) is 31.4 Å². The molecule has 1 saturated heterocycles. The van der Waals surface area contributed by atoms with E-state index < -0.39 is 0 Å². The Labute approximate surface area is 178 Å². The minimum Gasteiger partial charge on any atom is -0.495 e. The highest BCUT2D eigenvalue weighted by molar-refractivity contribution is 14.0. The van der Waals surface area contributed by atoms with Crippen molar-refractivity contribution in [1.82, 2.24) is 15.6 Å². The first-order chi connectivity index (χ1) is 12.8. The minimum atomic E-state index is 0. The van der Waals surface area contributed by atoms with Gasteiger partial charge in [-0.15, -0.1) is 24.0 Å². The lowest BCUT2D eigenvalue weighted by atomic mass is 10.2. The highest BCUT2D eigenvalue weighted by atomic mass is 127. The molecule has 146 valence electrons. The number of nitrogens with zero attached hydrogens (tertiary/aromatic N) is 3. The third kappa shape index (κ3) is 5.98. The molecule has 7 heteroatoms. The summed E-state index contributed by atoms with van der Waals surface area (Å²) in [5.41, 5.74) is 2.37. The van der Waals surface area contributed by atoms with Crippen molar-refractivity contribution in [2.45, 2.75) is 18.9 Å². The molecule has 6 nitrogen and oxygen atoms in total. The predicted octanol–water partition coefficient (Wildman–Crippen LogP) is 2.69. The molecule has 2 N–H and O–H groups in total. The van der Waals surface area contributed by atoms with E-state index in [2.05, 4.69) is 43.7 Å². The minimum absolute atomic E-state index is 0. The first-order valence-corrected chi connectivity index (χ1v) is 9.04. The molecule has 1 fully saturated rings. The van der Waals surface area contributed by atoms with Crippen molar-refractivity contribution in [2.75, 3.05) is 38.7 Å². The summed E-state index contributed by atoms with van der Waals surface area (Å²) in [6, 6.07) is 12.6. The predicted molar refractivity (Wildman–Crippen MR) is 121 cm³/mol. The maximum Gasteiger partial charge on any atom is 0.191 e. The fourth-order valence-electron chi connectivity index (χ4n) is 3.25. The van der Waals surface area contributed by atoms with Crippen molar-refractivity contribution >= 4 is 35.6 Å². The van der Waals surface area contributed by atoms with Gasteiger partial charge >= 0.3 is 0 Å². The Balaban J connectivity index is 0.00000261. The number of ether oxygens (including phenoxy) is 1. The maximum atomic E-state index is 5.49. The van der Waals surface area contributed by atoms with Crippen LogP contribution in [-0.2, 0) is 6.42 Å². The average Bonchev–Trinajstić information content (AvgIpc) is 3.16. The molecule has 0 aliphatic carbocycles. The van der Waals surface area contributed by atoms with Crippen LogP contribution in [0.25, 0.3) is 0 Å². The van der Waals surface area contributed by atoms with Crippen molar-refractivity contribution in [3.8, 4) is 5.75 Å². The van der Waals surface area contributed by atoms with Crippen LogP contribution in [0.2, 0.25) is 0 Å². The van der Waals surface area contributed by atoms with Crippen molar-refractivity contribution in [3.05, 3.63) is 54.4 Å². The number of para-hydroxylation sites is 2. The largest absolute Gasteiger partial charge is 0.495 e. The summed E-state index contributed by atoms with van der Waals surface area (Å²) in [5, 5.41) is 6.92. The highest BCUT2D eigenvalue weighted by Crippen LogP contribution is 2.30. The molecule has 3 rings (SSSR count). The van der Waals surface area contributed by atoms with Gasteiger partial charge in [0.05, 0.1) is 12.8 Å². The molecule has 2 heterocycles. The van der Waals surface area contributed by atoms with Crippen LogP contribution in [0.5, 0.6) is 5.75 Å². The van der Waals surface area contributed by atoms with Crippen LogP contribution < -0.4 is 20.3 Å². The van der Waals surface area contributed by atoms with Crippen LogP contribution in [0.1, 0.15) is 12.0 Å². The SMILES string of the molecule is CN=C(NCCc1cccnc1)NC1CCN(c2ccccc2OC)C1.I. The summed E-state index contributed by atoms with van der Waals surface area (Å²) in [6.45, 7) is 2.77. The Kier molecular flexibility index (Phi) is 8.63. The van der Waals surface area contributed by atoms with Gasteiger partial charge in [-0.1, -0.05) is 18.2 Å². The van der Waals surface area contributed by atoms with Gasteiger partial charge in [0.1, 0.15) is 5.75 Å². The molecular weight excluding hydrogens is 453 g/mol. The number of methoxy groups -OCH3 is 1. The number of nitrogens with one attached hydrogen (secondary N) is 2. The van der Waals surface area contributed by atoms with E-state index in [4.69, 9.17) is 4.74 Å². The maximum absolute atomic E-state index is 5.49. The number of halogens is 1. The zero-order valence-electron chi connectivity index (χ0n) is 15.9. The molecule has 1 aromatic carbocycles. The highest BCUT2D eigenvalue weighted by Gasteiger charge is 2.25. The van der Waals surface area contributed by atoms with Gasteiger partial charge in [-0.2, -0.15) is 0 Å². The molecule has 0 bridgehead atoms. The lowest BCUT2D eigenvalue weighted by Gasteiger charge is -2.22. The first-order valence-electron chi connectivity index (χ1n) is 9.04. The molecule has 0 spiro atoms. The third-order valence-corrected chi connectivity index (χ3v) is 4.61. The number of rotatable bonds is 6. The number of pyridine rings is 1. The molecular formula is C20H28IN5O. The van der Waals surface area contributed by atoms with Gasteiger partial charge in [0.15, 0.2) is 5.96 Å². The Morgan fingerprint density at radius 1 is 1.30 bits per heavy atom. The second kappa shape index (κ2) is 11.0. The van der Waals surface area contributed by atoms with Gasteiger partial charge < -0.3 is 20.3 Å². The lowest BCUT2D eigenvalue weighted by Crippen LogP contribution is -2.45. The first kappa shape index (κ1) is 21.3. The van der Waals surface area contributed by atoms with Crippen molar-refractivity contribution in [2.24, 2.45) is 4.99 Å². The number of aromatic nitrogens is 1. The van der Waals surface area contributed by atoms with Gasteiger partial charge in [0.2, 0.25) is 0 Å². The molecule has 1 unspecified atom stereocenters. The average molecular weight is 481 g/mol. The zero-order chi connectivity index (χ0) is 18.2. The lowest BCUT2D eigenvalue weighted by molar-refractivity contribution is 0.415. The van der Waals surface area contributed by atoms with Crippen molar-refractivity contribution in [1.29, 1.82) is 0 Å². The molecule has 0 radical (unpaired) electrons. The normalized spacial score (nSPS) is 16.6. The van der Waals surface area contributed by atoms with Crippen molar-refractivity contribution < 1.29 is 4.74 Å². The van der Waals surface area contributed by atoms with E-state index in [1.54, 1.807) is 13.3 Å². The van der Waals surface area contributed by atoms with E-state index in [0.29, 0.717) is 6.04 Å². The van der Waals surface area contributed by atoms with E-state index in [1.165, 1.54) is 5.56 Å². The smallest absolute Gasteiger partial charge is 0.191 e. The quantitative estimate of drug-likeness (QED) is 0.378. The second-order valence-corrected chi connectivity index (χ2v) is 6.36. The van der Waals surface area contributed by atoms with Gasteiger partial charge in [-0.25, -0.2) is 0 Å². The molecule has 1 aliphatic rings. The third-order valence-electron chi connectivity index (χ3n) is 4.61. The zero-order valence-corrected chi connectivity index (χ0v) is 18.2. The summed E-state index contributed by atoms with van der Waals surface area (Å²) in [5.74, 6) is 1.77. The van der Waals surface area contributed by atoms with E-state index in [9.17, 15) is 0 Å². The molecule has 1 aliphatic heterocycles. The van der Waals surface area contributed by atoms with Crippen LogP contribution >= 0.6 is 24.0 Å². The Hall–Kier alpha value is -2.03. The van der Waals surface area contributed by atoms with Gasteiger partial charge in [0, 0.05) is 45.1 Å². The molecule has 0 amide bonds. The number of benzene rings is 1. The van der Waals surface area contributed by atoms with Gasteiger partial charge in [-0.3, -0.25) is 9.98 Å². The monoisotopic (exact) mass is 481 g/mol. The van der Waals surface area contributed by atoms with Crippen LogP contribution in [0.15, 0.2) is 53.8 Å². The van der Waals surface area contributed by atoms with Gasteiger partial charge in [0.25, 0.3) is 0 Å². The summed E-state index contributed by atoms with van der Waals surface area (Å²) in [7, 11) is 3.53. The molecule has 0 saturated carbocycles. The van der Waals surface area contributed by atoms with E-state index in [-0.39, 0.29) is 24.0 Å². The Morgan fingerprint density at radius 2 is 2.15 bits per heavy atom. The van der Waals surface area contributed by atoms with Gasteiger partial charge in [-0.05, 0) is 36.6 Å². The summed E-state index contributed by atoms with van der Waals surface area (Å²) in [6.07, 6.45) is 5.69. The van der Waals surface area contributed by atoms with Crippen LogP contribution in [0.3, 0.4) is 0 Å². The fourth-order valence-corrected chi connectivity index (χ4v) is 3.25. The molecule has 2 aromatic rings. The summed E-state index contributed by atoms with van der Waals surface area (Å²) < 4.78 is 5.49. The number of guanidine groups is 1. The molecule has 27 heavy (non-hydrogen) atoms. The summed E-state index contributed by atoms with van der Waals surface area (Å²) in [4.78, 5) is 10.9.